The van der Waals surface area contributed by atoms with Crippen molar-refractivity contribution in [3.63, 3.8) is 0 Å². The monoisotopic (exact) mass is 150 g/mol. The highest BCUT2D eigenvalue weighted by atomic mass is 16.7. The second-order valence-electron chi connectivity index (χ2n) is 2.32. The van der Waals surface area contributed by atoms with Crippen LogP contribution in [0.25, 0.3) is 0 Å². The maximum absolute atomic E-state index is 5.26. The number of hydrogen-bond acceptors (Lipinski definition) is 2. The Morgan fingerprint density at radius 2 is 2.09 bits per heavy atom. The highest BCUT2D eigenvalue weighted by Gasteiger charge is 1.94. The minimum absolute atomic E-state index is 0.310. The van der Waals surface area contributed by atoms with Gasteiger partial charge in [0.05, 0.1) is 0 Å². The summed E-state index contributed by atoms with van der Waals surface area (Å²) in [6, 6.07) is 7.85. The van der Waals surface area contributed by atoms with Gasteiger partial charge in [-0.25, -0.2) is 0 Å². The first-order valence-corrected chi connectivity index (χ1v) is 3.52. The van der Waals surface area contributed by atoms with E-state index in [1.807, 2.05) is 32.1 Å². The van der Waals surface area contributed by atoms with Crippen LogP contribution in [0.1, 0.15) is 0 Å². The Morgan fingerprint density at radius 3 is 2.73 bits per heavy atom. The van der Waals surface area contributed by atoms with E-state index in [-0.39, 0.29) is 0 Å². The van der Waals surface area contributed by atoms with Gasteiger partial charge in [-0.3, -0.25) is 0 Å². The summed E-state index contributed by atoms with van der Waals surface area (Å²) in [5.41, 5.74) is 1.13. The molecule has 0 bridgehead atoms. The highest BCUT2D eigenvalue weighted by Crippen LogP contribution is 2.03. The summed E-state index contributed by atoms with van der Waals surface area (Å²) < 4.78 is 10.0. The quantitative estimate of drug-likeness (QED) is 0.443. The van der Waals surface area contributed by atoms with E-state index in [9.17, 15) is 0 Å². The molecule has 1 aromatic carbocycles. The standard InChI is InChI=1S/C8H11BO2/c1-10-6-11-8-5-3-2-4-7(8)9/h2-5H,6,9H2,1H3. The number of para-hydroxylation sites is 1. The Labute approximate surface area is 67.5 Å². The lowest BCUT2D eigenvalue weighted by Gasteiger charge is -2.06. The molecule has 0 aliphatic rings. The predicted molar refractivity (Wildman–Crippen MR) is 47.1 cm³/mol. The Bertz CT molecular complexity index is 225. The van der Waals surface area contributed by atoms with Gasteiger partial charge in [0.15, 0.2) is 6.79 Å². The number of benzene rings is 1. The van der Waals surface area contributed by atoms with E-state index in [0.29, 0.717) is 6.79 Å². The van der Waals surface area contributed by atoms with Gasteiger partial charge >= 0.3 is 0 Å². The maximum atomic E-state index is 5.26. The summed E-state index contributed by atoms with van der Waals surface area (Å²) >= 11 is 0. The number of methoxy groups -OCH3 is 1. The van der Waals surface area contributed by atoms with Gasteiger partial charge < -0.3 is 9.47 Å². The van der Waals surface area contributed by atoms with E-state index in [1.165, 1.54) is 0 Å². The van der Waals surface area contributed by atoms with Crippen LogP contribution in [-0.2, 0) is 4.74 Å². The van der Waals surface area contributed by atoms with E-state index in [0.717, 1.165) is 11.2 Å². The van der Waals surface area contributed by atoms with Crippen molar-refractivity contribution in [3.8, 4) is 5.75 Å². The zero-order valence-corrected chi connectivity index (χ0v) is 6.83. The molecule has 0 unspecified atom stereocenters. The maximum Gasteiger partial charge on any atom is 0.188 e. The third-order valence-corrected chi connectivity index (χ3v) is 1.43. The normalized spacial score (nSPS) is 9.55. The lowest BCUT2D eigenvalue weighted by atomic mass is 9.95. The fourth-order valence-corrected chi connectivity index (χ4v) is 0.841. The SMILES string of the molecule is Bc1ccccc1OCOC. The van der Waals surface area contributed by atoms with Crippen molar-refractivity contribution >= 4 is 13.3 Å². The van der Waals surface area contributed by atoms with Gasteiger partial charge in [0.2, 0.25) is 0 Å². The molecule has 58 valence electrons. The molecule has 0 N–H and O–H groups in total. The zero-order valence-electron chi connectivity index (χ0n) is 6.83. The molecule has 3 heteroatoms. The average Bonchev–Trinajstić information content (AvgIpc) is 2.03. The summed E-state index contributed by atoms with van der Waals surface area (Å²) in [6.45, 7) is 0.310. The Hall–Kier alpha value is -0.955. The van der Waals surface area contributed by atoms with Crippen molar-refractivity contribution in [2.45, 2.75) is 0 Å². The van der Waals surface area contributed by atoms with Gasteiger partial charge in [0.1, 0.15) is 13.6 Å². The van der Waals surface area contributed by atoms with Gasteiger partial charge in [0, 0.05) is 7.11 Å². The fraction of sp³-hybridized carbons (Fsp3) is 0.250. The van der Waals surface area contributed by atoms with Gasteiger partial charge in [-0.05, 0) is 11.5 Å². The second kappa shape index (κ2) is 4.03. The zero-order chi connectivity index (χ0) is 8.10. The number of rotatable bonds is 3. The molecule has 0 fully saturated rings. The summed E-state index contributed by atoms with van der Waals surface area (Å²) in [5.74, 6) is 0.884. The number of hydrogen-bond donors (Lipinski definition) is 0. The summed E-state index contributed by atoms with van der Waals surface area (Å²) in [4.78, 5) is 0. The average molecular weight is 150 g/mol. The molecule has 0 heterocycles. The Kier molecular flexibility index (Phi) is 2.99. The van der Waals surface area contributed by atoms with Crippen molar-refractivity contribution < 1.29 is 9.47 Å². The molecule has 0 saturated carbocycles. The molecule has 0 aromatic heterocycles. The Balaban J connectivity index is 2.62. The van der Waals surface area contributed by atoms with Crippen LogP contribution < -0.4 is 10.2 Å². The predicted octanol–water partition coefficient (Wildman–Crippen LogP) is -0.0723. The van der Waals surface area contributed by atoms with E-state index in [4.69, 9.17) is 9.47 Å². The van der Waals surface area contributed by atoms with Crippen molar-refractivity contribution in [3.05, 3.63) is 24.3 Å². The van der Waals surface area contributed by atoms with Crippen LogP contribution in [0.2, 0.25) is 0 Å². The summed E-state index contributed by atoms with van der Waals surface area (Å²) in [5, 5.41) is 0. The lowest BCUT2D eigenvalue weighted by Crippen LogP contribution is -2.10. The minimum atomic E-state index is 0.310. The van der Waals surface area contributed by atoms with Gasteiger partial charge in [-0.2, -0.15) is 0 Å². The molecule has 0 radical (unpaired) electrons. The van der Waals surface area contributed by atoms with E-state index in [2.05, 4.69) is 0 Å². The van der Waals surface area contributed by atoms with Crippen molar-refractivity contribution in [2.24, 2.45) is 0 Å². The van der Waals surface area contributed by atoms with Crippen LogP contribution in [0, 0.1) is 0 Å². The largest absolute Gasteiger partial charge is 0.468 e. The smallest absolute Gasteiger partial charge is 0.188 e. The molecule has 0 spiro atoms. The molecule has 0 aliphatic heterocycles. The van der Waals surface area contributed by atoms with Crippen LogP contribution >= 0.6 is 0 Å². The molecule has 11 heavy (non-hydrogen) atoms. The van der Waals surface area contributed by atoms with Crippen LogP contribution in [0.5, 0.6) is 5.75 Å². The second-order valence-corrected chi connectivity index (χ2v) is 2.32. The van der Waals surface area contributed by atoms with Crippen LogP contribution in [0.4, 0.5) is 0 Å². The lowest BCUT2D eigenvalue weighted by molar-refractivity contribution is 0.0519. The van der Waals surface area contributed by atoms with E-state index >= 15 is 0 Å². The highest BCUT2D eigenvalue weighted by molar-refractivity contribution is 6.34. The van der Waals surface area contributed by atoms with Crippen molar-refractivity contribution in [1.29, 1.82) is 0 Å². The molecular weight excluding hydrogens is 139 g/mol. The molecule has 0 amide bonds. The van der Waals surface area contributed by atoms with Crippen LogP contribution in [0.3, 0.4) is 0 Å². The van der Waals surface area contributed by atoms with E-state index in [1.54, 1.807) is 7.11 Å². The van der Waals surface area contributed by atoms with Crippen molar-refractivity contribution in [1.82, 2.24) is 0 Å². The molecule has 0 aliphatic carbocycles. The third kappa shape index (κ3) is 2.28. The summed E-state index contributed by atoms with van der Waals surface area (Å²) in [6.07, 6.45) is 0. The van der Waals surface area contributed by atoms with Gasteiger partial charge in [-0.15, -0.1) is 0 Å². The first kappa shape index (κ1) is 8.14. The van der Waals surface area contributed by atoms with Crippen LogP contribution in [0.15, 0.2) is 24.3 Å². The van der Waals surface area contributed by atoms with Gasteiger partial charge in [-0.1, -0.05) is 18.2 Å². The molecule has 0 saturated heterocycles. The topological polar surface area (TPSA) is 18.5 Å². The molecule has 1 aromatic rings. The van der Waals surface area contributed by atoms with E-state index < -0.39 is 0 Å². The van der Waals surface area contributed by atoms with Crippen LogP contribution in [-0.4, -0.2) is 21.7 Å². The number of ether oxygens (including phenoxy) is 2. The first-order chi connectivity index (χ1) is 5.34. The first-order valence-electron chi connectivity index (χ1n) is 3.52. The molecular formula is C8H11BO2. The molecule has 1 rings (SSSR count). The fourth-order valence-electron chi connectivity index (χ4n) is 0.841. The van der Waals surface area contributed by atoms with Crippen molar-refractivity contribution in [2.75, 3.05) is 13.9 Å². The molecule has 0 atom stereocenters. The third-order valence-electron chi connectivity index (χ3n) is 1.43. The minimum Gasteiger partial charge on any atom is -0.468 e. The summed E-state index contributed by atoms with van der Waals surface area (Å²) in [7, 11) is 3.61. The van der Waals surface area contributed by atoms with Gasteiger partial charge in [0.25, 0.3) is 0 Å². The Morgan fingerprint density at radius 1 is 1.36 bits per heavy atom. The molecule has 2 nitrogen and oxygen atoms in total.